The molecule has 2 aromatic rings. The molecule has 1 aromatic carbocycles. The lowest BCUT2D eigenvalue weighted by atomic mass is 9.99. The smallest absolute Gasteiger partial charge is 0.0934 e. The third kappa shape index (κ3) is 2.65. The molecule has 0 saturated heterocycles. The van der Waals surface area contributed by atoms with E-state index in [9.17, 15) is 0 Å². The largest absolute Gasteiger partial charge is 0.303 e. The summed E-state index contributed by atoms with van der Waals surface area (Å²) in [6.45, 7) is 6.60. The van der Waals surface area contributed by atoms with Crippen LogP contribution >= 0.6 is 22.9 Å². The SMILES string of the molecule is Cc1ccc(C)c(C(C)NC2CCc3sc(Cl)cc32)c1. The Hall–Kier alpha value is -0.830. The molecule has 1 aromatic heterocycles. The van der Waals surface area contributed by atoms with Gasteiger partial charge >= 0.3 is 0 Å². The molecule has 1 N–H and O–H groups in total. The first-order valence-electron chi connectivity index (χ1n) is 7.16. The Kier molecular flexibility index (Phi) is 3.89. The van der Waals surface area contributed by atoms with Gasteiger partial charge in [-0.2, -0.15) is 0 Å². The molecule has 0 aliphatic heterocycles. The zero-order valence-corrected chi connectivity index (χ0v) is 13.7. The van der Waals surface area contributed by atoms with Crippen LogP contribution in [0.15, 0.2) is 24.3 Å². The third-order valence-electron chi connectivity index (χ3n) is 4.20. The van der Waals surface area contributed by atoms with Crippen molar-refractivity contribution in [2.75, 3.05) is 0 Å². The second-order valence-electron chi connectivity index (χ2n) is 5.77. The molecule has 2 atom stereocenters. The summed E-state index contributed by atoms with van der Waals surface area (Å²) in [4.78, 5) is 1.46. The average molecular weight is 306 g/mol. The molecule has 20 heavy (non-hydrogen) atoms. The molecule has 3 heteroatoms. The van der Waals surface area contributed by atoms with Crippen LogP contribution in [0, 0.1) is 13.8 Å². The quantitative estimate of drug-likeness (QED) is 0.805. The molecule has 2 unspecified atom stereocenters. The summed E-state index contributed by atoms with van der Waals surface area (Å²) >= 11 is 7.87. The van der Waals surface area contributed by atoms with E-state index in [4.69, 9.17) is 11.6 Å². The number of fused-ring (bicyclic) bond motifs is 1. The highest BCUT2D eigenvalue weighted by Crippen LogP contribution is 2.40. The Labute approximate surface area is 130 Å². The van der Waals surface area contributed by atoms with Crippen LogP contribution in [-0.2, 0) is 6.42 Å². The number of hydrogen-bond acceptors (Lipinski definition) is 2. The molecule has 0 bridgehead atoms. The van der Waals surface area contributed by atoms with E-state index in [0.717, 1.165) is 10.8 Å². The van der Waals surface area contributed by atoms with Crippen molar-refractivity contribution in [1.29, 1.82) is 0 Å². The molecule has 0 saturated carbocycles. The Bertz CT molecular complexity index is 632. The van der Waals surface area contributed by atoms with Gasteiger partial charge in [-0.15, -0.1) is 11.3 Å². The Morgan fingerprint density at radius 2 is 2.10 bits per heavy atom. The van der Waals surface area contributed by atoms with E-state index in [1.54, 1.807) is 11.3 Å². The topological polar surface area (TPSA) is 12.0 Å². The highest BCUT2D eigenvalue weighted by atomic mass is 35.5. The summed E-state index contributed by atoms with van der Waals surface area (Å²) in [5.74, 6) is 0. The summed E-state index contributed by atoms with van der Waals surface area (Å²) < 4.78 is 0.917. The maximum absolute atomic E-state index is 6.13. The Morgan fingerprint density at radius 1 is 1.30 bits per heavy atom. The summed E-state index contributed by atoms with van der Waals surface area (Å²) in [6, 6.07) is 9.64. The lowest BCUT2D eigenvalue weighted by molar-refractivity contribution is 0.463. The molecular formula is C17H20ClNS. The van der Waals surface area contributed by atoms with Gasteiger partial charge in [-0.25, -0.2) is 0 Å². The van der Waals surface area contributed by atoms with Gasteiger partial charge in [-0.1, -0.05) is 35.4 Å². The van der Waals surface area contributed by atoms with Crippen molar-refractivity contribution in [3.63, 3.8) is 0 Å². The molecule has 0 radical (unpaired) electrons. The molecule has 0 amide bonds. The van der Waals surface area contributed by atoms with Gasteiger partial charge in [0.1, 0.15) is 0 Å². The molecule has 1 aliphatic carbocycles. The molecule has 1 aliphatic rings. The van der Waals surface area contributed by atoms with Crippen molar-refractivity contribution in [2.45, 2.75) is 45.7 Å². The zero-order valence-electron chi connectivity index (χ0n) is 12.2. The first kappa shape index (κ1) is 14.1. The van der Waals surface area contributed by atoms with Crippen molar-refractivity contribution in [3.8, 4) is 0 Å². The summed E-state index contributed by atoms with van der Waals surface area (Å²) in [5.41, 5.74) is 5.50. The number of rotatable bonds is 3. The predicted molar refractivity (Wildman–Crippen MR) is 87.9 cm³/mol. The predicted octanol–water partition coefficient (Wildman–Crippen LogP) is 5.36. The van der Waals surface area contributed by atoms with Crippen molar-refractivity contribution in [3.05, 3.63) is 55.7 Å². The molecular weight excluding hydrogens is 286 g/mol. The number of aryl methyl sites for hydroxylation is 3. The fraction of sp³-hybridized carbons (Fsp3) is 0.412. The molecule has 1 heterocycles. The normalized spacial score (nSPS) is 19.1. The number of thiophene rings is 1. The first-order valence-corrected chi connectivity index (χ1v) is 8.35. The standard InChI is InChI=1S/C17H20ClNS/c1-10-4-5-11(2)13(8-10)12(3)19-15-6-7-16-14(15)9-17(18)20-16/h4-5,8-9,12,15,19H,6-7H2,1-3H3. The third-order valence-corrected chi connectivity index (χ3v) is 5.54. The minimum atomic E-state index is 0.365. The fourth-order valence-corrected chi connectivity index (χ4v) is 4.48. The van der Waals surface area contributed by atoms with Crippen molar-refractivity contribution in [2.24, 2.45) is 0 Å². The minimum Gasteiger partial charge on any atom is -0.303 e. The second-order valence-corrected chi connectivity index (χ2v) is 7.54. The van der Waals surface area contributed by atoms with Gasteiger partial charge in [0.25, 0.3) is 0 Å². The van der Waals surface area contributed by atoms with Crippen LogP contribution < -0.4 is 5.32 Å². The Morgan fingerprint density at radius 3 is 2.90 bits per heavy atom. The van der Waals surface area contributed by atoms with E-state index < -0.39 is 0 Å². The van der Waals surface area contributed by atoms with Gasteiger partial charge in [0, 0.05) is 17.0 Å². The van der Waals surface area contributed by atoms with Gasteiger partial charge in [0.05, 0.1) is 4.34 Å². The van der Waals surface area contributed by atoms with E-state index in [1.165, 1.54) is 33.6 Å². The van der Waals surface area contributed by atoms with E-state index in [2.05, 4.69) is 50.4 Å². The number of nitrogens with one attached hydrogen (secondary N) is 1. The van der Waals surface area contributed by atoms with Gasteiger partial charge in [-0.3, -0.25) is 0 Å². The van der Waals surface area contributed by atoms with Crippen LogP contribution in [0.4, 0.5) is 0 Å². The van der Waals surface area contributed by atoms with Crippen LogP contribution in [0.5, 0.6) is 0 Å². The van der Waals surface area contributed by atoms with Crippen LogP contribution in [0.3, 0.4) is 0 Å². The summed E-state index contributed by atoms with van der Waals surface area (Å²) in [6.07, 6.45) is 2.34. The number of hydrogen-bond donors (Lipinski definition) is 1. The molecule has 1 nitrogen and oxygen atoms in total. The maximum atomic E-state index is 6.13. The first-order chi connectivity index (χ1) is 9.54. The molecule has 106 valence electrons. The van der Waals surface area contributed by atoms with Crippen LogP contribution in [0.2, 0.25) is 4.34 Å². The lowest BCUT2D eigenvalue weighted by Gasteiger charge is -2.22. The van der Waals surface area contributed by atoms with Crippen LogP contribution in [0.25, 0.3) is 0 Å². The van der Waals surface area contributed by atoms with E-state index in [0.29, 0.717) is 12.1 Å². The van der Waals surface area contributed by atoms with Crippen LogP contribution in [-0.4, -0.2) is 0 Å². The second kappa shape index (κ2) is 5.51. The number of benzene rings is 1. The zero-order chi connectivity index (χ0) is 14.3. The lowest BCUT2D eigenvalue weighted by Crippen LogP contribution is -2.23. The van der Waals surface area contributed by atoms with Gasteiger partial charge in [-0.05, 0) is 56.4 Å². The minimum absolute atomic E-state index is 0.365. The van der Waals surface area contributed by atoms with Crippen molar-refractivity contribution in [1.82, 2.24) is 5.32 Å². The maximum Gasteiger partial charge on any atom is 0.0934 e. The number of halogens is 1. The molecule has 0 spiro atoms. The Balaban J connectivity index is 1.80. The van der Waals surface area contributed by atoms with Crippen LogP contribution in [0.1, 0.15) is 52.6 Å². The summed E-state index contributed by atoms with van der Waals surface area (Å²) in [5, 5.41) is 3.78. The van der Waals surface area contributed by atoms with Gasteiger partial charge in [0.15, 0.2) is 0 Å². The van der Waals surface area contributed by atoms with E-state index >= 15 is 0 Å². The highest BCUT2D eigenvalue weighted by Gasteiger charge is 2.26. The molecule has 0 fully saturated rings. The van der Waals surface area contributed by atoms with E-state index in [1.807, 2.05) is 0 Å². The monoisotopic (exact) mass is 305 g/mol. The fourth-order valence-electron chi connectivity index (χ4n) is 3.12. The van der Waals surface area contributed by atoms with Gasteiger partial charge in [0.2, 0.25) is 0 Å². The average Bonchev–Trinajstić information content (AvgIpc) is 2.93. The summed E-state index contributed by atoms with van der Waals surface area (Å²) in [7, 11) is 0. The van der Waals surface area contributed by atoms with Crippen molar-refractivity contribution >= 4 is 22.9 Å². The van der Waals surface area contributed by atoms with E-state index in [-0.39, 0.29) is 0 Å². The molecule has 3 rings (SSSR count). The van der Waals surface area contributed by atoms with Crippen molar-refractivity contribution < 1.29 is 0 Å². The highest BCUT2D eigenvalue weighted by molar-refractivity contribution is 7.16. The van der Waals surface area contributed by atoms with Gasteiger partial charge < -0.3 is 5.32 Å².